The van der Waals surface area contributed by atoms with Crippen LogP contribution in [0.2, 0.25) is 0 Å². The molecule has 0 aliphatic heterocycles. The third-order valence-corrected chi connectivity index (χ3v) is 4.06. The molecule has 0 saturated heterocycles. The standard InChI is InChI=1S/C18H22FNO3/c1-13-5-2-3-8-16(13)20-17(21)12-23-18(22)10-9-14-6-4-7-15(19)11-14/h4,6-7,9-11,13,16H,2-3,5,8,12H2,1H3,(H,20,21)/b10-9+/t13-,16+/m0/s1. The number of halogens is 1. The molecule has 1 amide bonds. The highest BCUT2D eigenvalue weighted by Crippen LogP contribution is 2.23. The van der Waals surface area contributed by atoms with E-state index in [0.29, 0.717) is 11.5 Å². The highest BCUT2D eigenvalue weighted by atomic mass is 19.1. The van der Waals surface area contributed by atoms with Gasteiger partial charge in [-0.05, 0) is 42.5 Å². The summed E-state index contributed by atoms with van der Waals surface area (Å²) in [6.07, 6.45) is 7.04. The van der Waals surface area contributed by atoms with Crippen LogP contribution in [0.5, 0.6) is 0 Å². The molecule has 1 saturated carbocycles. The maximum atomic E-state index is 13.0. The number of rotatable bonds is 5. The van der Waals surface area contributed by atoms with Crippen LogP contribution in [0.3, 0.4) is 0 Å². The Labute approximate surface area is 135 Å². The van der Waals surface area contributed by atoms with E-state index in [1.54, 1.807) is 12.1 Å². The molecule has 1 N–H and O–H groups in total. The van der Waals surface area contributed by atoms with Crippen molar-refractivity contribution >= 4 is 18.0 Å². The zero-order chi connectivity index (χ0) is 16.7. The van der Waals surface area contributed by atoms with Gasteiger partial charge in [-0.25, -0.2) is 9.18 Å². The maximum absolute atomic E-state index is 13.0. The van der Waals surface area contributed by atoms with Crippen LogP contribution < -0.4 is 5.32 Å². The fourth-order valence-corrected chi connectivity index (χ4v) is 2.74. The minimum atomic E-state index is -0.624. The summed E-state index contributed by atoms with van der Waals surface area (Å²) in [5, 5.41) is 2.92. The summed E-state index contributed by atoms with van der Waals surface area (Å²) < 4.78 is 17.9. The number of hydrogen-bond acceptors (Lipinski definition) is 3. The Kier molecular flexibility index (Phi) is 6.32. The van der Waals surface area contributed by atoms with E-state index in [1.165, 1.54) is 30.7 Å². The van der Waals surface area contributed by atoms with E-state index in [1.807, 2.05) is 0 Å². The minimum Gasteiger partial charge on any atom is -0.452 e. The van der Waals surface area contributed by atoms with Gasteiger partial charge in [0.15, 0.2) is 6.61 Å². The van der Waals surface area contributed by atoms with E-state index in [9.17, 15) is 14.0 Å². The maximum Gasteiger partial charge on any atom is 0.331 e. The molecule has 0 aromatic heterocycles. The molecular weight excluding hydrogens is 297 g/mol. The van der Waals surface area contributed by atoms with Gasteiger partial charge in [0.1, 0.15) is 5.82 Å². The van der Waals surface area contributed by atoms with Gasteiger partial charge in [0.25, 0.3) is 5.91 Å². The highest BCUT2D eigenvalue weighted by molar-refractivity contribution is 5.89. The van der Waals surface area contributed by atoms with Gasteiger partial charge in [-0.3, -0.25) is 4.79 Å². The molecule has 0 bridgehead atoms. The Hall–Kier alpha value is -2.17. The molecule has 4 nitrogen and oxygen atoms in total. The smallest absolute Gasteiger partial charge is 0.331 e. The molecule has 2 rings (SSSR count). The van der Waals surface area contributed by atoms with E-state index >= 15 is 0 Å². The second kappa shape index (κ2) is 8.46. The first-order valence-electron chi connectivity index (χ1n) is 7.94. The van der Waals surface area contributed by atoms with Gasteiger partial charge in [0, 0.05) is 12.1 Å². The molecule has 1 fully saturated rings. The molecule has 2 atom stereocenters. The van der Waals surface area contributed by atoms with Crippen LogP contribution in [-0.4, -0.2) is 24.5 Å². The molecule has 23 heavy (non-hydrogen) atoms. The second-order valence-electron chi connectivity index (χ2n) is 5.93. The van der Waals surface area contributed by atoms with Crippen molar-refractivity contribution in [1.82, 2.24) is 5.32 Å². The Morgan fingerprint density at radius 1 is 1.35 bits per heavy atom. The van der Waals surface area contributed by atoms with Gasteiger partial charge in [0.2, 0.25) is 0 Å². The third-order valence-electron chi connectivity index (χ3n) is 4.06. The van der Waals surface area contributed by atoms with Crippen molar-refractivity contribution in [2.75, 3.05) is 6.61 Å². The van der Waals surface area contributed by atoms with E-state index in [-0.39, 0.29) is 24.4 Å². The SMILES string of the molecule is C[C@H]1CCCC[C@H]1NC(=O)COC(=O)/C=C/c1cccc(F)c1. The molecule has 1 aromatic rings. The largest absolute Gasteiger partial charge is 0.452 e. The van der Waals surface area contributed by atoms with Crippen molar-refractivity contribution in [3.63, 3.8) is 0 Å². The first-order chi connectivity index (χ1) is 11.0. The fraction of sp³-hybridized carbons (Fsp3) is 0.444. The third kappa shape index (κ3) is 5.85. The number of carbonyl (C=O) groups excluding carboxylic acids is 2. The Bertz CT molecular complexity index is 585. The van der Waals surface area contributed by atoms with E-state index < -0.39 is 5.97 Å². The summed E-state index contributed by atoms with van der Waals surface area (Å²) in [5.74, 6) is -0.824. The van der Waals surface area contributed by atoms with Crippen molar-refractivity contribution in [2.45, 2.75) is 38.6 Å². The van der Waals surface area contributed by atoms with E-state index in [0.717, 1.165) is 19.3 Å². The summed E-state index contributed by atoms with van der Waals surface area (Å²) in [6, 6.07) is 6.02. The van der Waals surface area contributed by atoms with Crippen LogP contribution in [0.4, 0.5) is 4.39 Å². The lowest BCUT2D eigenvalue weighted by atomic mass is 9.86. The lowest BCUT2D eigenvalue weighted by Crippen LogP contribution is -2.42. The first kappa shape index (κ1) is 17.2. The number of carbonyl (C=O) groups is 2. The zero-order valence-electron chi connectivity index (χ0n) is 13.3. The summed E-state index contributed by atoms with van der Waals surface area (Å²) in [4.78, 5) is 23.4. The van der Waals surface area contributed by atoms with Crippen molar-refractivity contribution in [2.24, 2.45) is 5.92 Å². The van der Waals surface area contributed by atoms with Crippen LogP contribution in [0.15, 0.2) is 30.3 Å². The van der Waals surface area contributed by atoms with Gasteiger partial charge in [-0.1, -0.05) is 31.9 Å². The second-order valence-corrected chi connectivity index (χ2v) is 5.93. The van der Waals surface area contributed by atoms with Gasteiger partial charge >= 0.3 is 5.97 Å². The molecule has 5 heteroatoms. The number of esters is 1. The van der Waals surface area contributed by atoms with Crippen molar-refractivity contribution in [1.29, 1.82) is 0 Å². The van der Waals surface area contributed by atoms with Crippen LogP contribution in [-0.2, 0) is 14.3 Å². The lowest BCUT2D eigenvalue weighted by molar-refractivity contribution is -0.144. The van der Waals surface area contributed by atoms with Gasteiger partial charge in [-0.2, -0.15) is 0 Å². The van der Waals surface area contributed by atoms with Crippen molar-refractivity contribution < 1.29 is 18.7 Å². The summed E-state index contributed by atoms with van der Waals surface area (Å²) >= 11 is 0. The Balaban J connectivity index is 1.74. The average Bonchev–Trinajstić information content (AvgIpc) is 2.53. The van der Waals surface area contributed by atoms with Crippen LogP contribution in [0.1, 0.15) is 38.2 Å². The van der Waals surface area contributed by atoms with Gasteiger partial charge < -0.3 is 10.1 Å². The van der Waals surface area contributed by atoms with Crippen LogP contribution in [0, 0.1) is 11.7 Å². The number of amides is 1. The van der Waals surface area contributed by atoms with Gasteiger partial charge in [-0.15, -0.1) is 0 Å². The molecule has 1 aliphatic carbocycles. The minimum absolute atomic E-state index is 0.165. The van der Waals surface area contributed by atoms with E-state index in [4.69, 9.17) is 4.74 Å². The van der Waals surface area contributed by atoms with Crippen LogP contribution >= 0.6 is 0 Å². The summed E-state index contributed by atoms with van der Waals surface area (Å²) in [6.45, 7) is 1.83. The molecular formula is C18H22FNO3. The van der Waals surface area contributed by atoms with Crippen molar-refractivity contribution in [3.8, 4) is 0 Å². The predicted molar refractivity (Wildman–Crippen MR) is 86.0 cm³/mol. The van der Waals surface area contributed by atoms with Crippen molar-refractivity contribution in [3.05, 3.63) is 41.7 Å². The highest BCUT2D eigenvalue weighted by Gasteiger charge is 2.22. The number of hydrogen-bond donors (Lipinski definition) is 1. The Morgan fingerprint density at radius 3 is 2.87 bits per heavy atom. The Morgan fingerprint density at radius 2 is 2.13 bits per heavy atom. The predicted octanol–water partition coefficient (Wildman–Crippen LogP) is 3.08. The normalized spacial score (nSPS) is 21.1. The topological polar surface area (TPSA) is 55.4 Å². The van der Waals surface area contributed by atoms with Crippen LogP contribution in [0.25, 0.3) is 6.08 Å². The zero-order valence-corrected chi connectivity index (χ0v) is 13.3. The number of nitrogens with one attached hydrogen (secondary N) is 1. The first-order valence-corrected chi connectivity index (χ1v) is 7.94. The molecule has 0 heterocycles. The quantitative estimate of drug-likeness (QED) is 0.670. The molecule has 0 radical (unpaired) electrons. The number of ether oxygens (including phenoxy) is 1. The summed E-state index contributed by atoms with van der Waals surface area (Å²) in [5.41, 5.74) is 0.558. The monoisotopic (exact) mass is 319 g/mol. The fourth-order valence-electron chi connectivity index (χ4n) is 2.74. The molecule has 1 aliphatic rings. The molecule has 0 unspecified atom stereocenters. The average molecular weight is 319 g/mol. The molecule has 1 aromatic carbocycles. The van der Waals surface area contributed by atoms with E-state index in [2.05, 4.69) is 12.2 Å². The molecule has 0 spiro atoms. The number of benzene rings is 1. The summed E-state index contributed by atoms with van der Waals surface area (Å²) in [7, 11) is 0. The molecule has 124 valence electrons. The lowest BCUT2D eigenvalue weighted by Gasteiger charge is -2.29. The van der Waals surface area contributed by atoms with Gasteiger partial charge in [0.05, 0.1) is 0 Å².